The molecule has 2 rings (SSSR count). The second-order valence-electron chi connectivity index (χ2n) is 5.58. The normalized spacial score (nSPS) is 12.3. The van der Waals surface area contributed by atoms with E-state index in [1.807, 2.05) is 13.0 Å². The van der Waals surface area contributed by atoms with Crippen LogP contribution in [0.3, 0.4) is 0 Å². The number of benzene rings is 1. The Morgan fingerprint density at radius 3 is 2.96 bits per heavy atom. The van der Waals surface area contributed by atoms with Gasteiger partial charge in [-0.05, 0) is 31.4 Å². The molecule has 1 aromatic carbocycles. The number of hydrogen-bond acceptors (Lipinski definition) is 4. The Bertz CT molecular complexity index is 712. The van der Waals surface area contributed by atoms with Crippen LogP contribution in [-0.2, 0) is 11.2 Å². The molecule has 1 amide bonds. The number of nitrogens with one attached hydrogen (secondary N) is 2. The predicted octanol–water partition coefficient (Wildman–Crippen LogP) is 1.52. The number of carbonyl (C=O) groups excluding carboxylic acids is 1. The van der Waals surface area contributed by atoms with Crippen LogP contribution in [0.5, 0.6) is 0 Å². The lowest BCUT2D eigenvalue weighted by atomic mass is 10.2. The van der Waals surface area contributed by atoms with Crippen molar-refractivity contribution in [3.63, 3.8) is 0 Å². The van der Waals surface area contributed by atoms with Gasteiger partial charge in [0.25, 0.3) is 5.56 Å². The number of aryl methyl sites for hydroxylation is 1. The van der Waals surface area contributed by atoms with Gasteiger partial charge in [-0.1, -0.05) is 19.1 Å². The average molecular weight is 317 g/mol. The minimum absolute atomic E-state index is 0.0450. The molecule has 3 N–H and O–H groups in total. The largest absolute Gasteiger partial charge is 0.393 e. The molecule has 0 bridgehead atoms. The Labute approximate surface area is 135 Å². The summed E-state index contributed by atoms with van der Waals surface area (Å²) in [5.41, 5.74) is 0.521. The summed E-state index contributed by atoms with van der Waals surface area (Å²) in [5.74, 6) is 0.555. The van der Waals surface area contributed by atoms with Crippen LogP contribution < -0.4 is 10.9 Å². The van der Waals surface area contributed by atoms with Gasteiger partial charge < -0.3 is 15.4 Å². The molecular weight excluding hydrogens is 294 g/mol. The summed E-state index contributed by atoms with van der Waals surface area (Å²) in [6, 6.07) is 7.19. The molecule has 6 heteroatoms. The van der Waals surface area contributed by atoms with Crippen molar-refractivity contribution in [1.29, 1.82) is 0 Å². The van der Waals surface area contributed by atoms with E-state index in [1.54, 1.807) is 18.2 Å². The predicted molar refractivity (Wildman–Crippen MR) is 89.2 cm³/mol. The summed E-state index contributed by atoms with van der Waals surface area (Å²) in [4.78, 5) is 30.8. The van der Waals surface area contributed by atoms with Crippen molar-refractivity contribution < 1.29 is 9.90 Å². The van der Waals surface area contributed by atoms with E-state index in [1.165, 1.54) is 0 Å². The van der Waals surface area contributed by atoms with Crippen molar-refractivity contribution in [1.82, 2.24) is 15.3 Å². The zero-order valence-corrected chi connectivity index (χ0v) is 13.3. The highest BCUT2D eigenvalue weighted by atomic mass is 16.3. The maximum atomic E-state index is 11.9. The van der Waals surface area contributed by atoms with Crippen LogP contribution in [0.4, 0.5) is 0 Å². The highest BCUT2D eigenvalue weighted by Crippen LogP contribution is 2.07. The molecular formula is C17H23N3O3. The number of aromatic nitrogens is 2. The van der Waals surface area contributed by atoms with Gasteiger partial charge >= 0.3 is 0 Å². The smallest absolute Gasteiger partial charge is 0.258 e. The molecule has 0 fully saturated rings. The average Bonchev–Trinajstić information content (AvgIpc) is 2.54. The molecule has 0 saturated heterocycles. The number of amides is 1. The lowest BCUT2D eigenvalue weighted by Crippen LogP contribution is -2.26. The lowest BCUT2D eigenvalue weighted by molar-refractivity contribution is -0.121. The van der Waals surface area contributed by atoms with E-state index < -0.39 is 0 Å². The van der Waals surface area contributed by atoms with Crippen LogP contribution in [-0.4, -0.2) is 33.6 Å². The molecule has 124 valence electrons. The molecule has 0 spiro atoms. The third-order valence-corrected chi connectivity index (χ3v) is 3.75. The summed E-state index contributed by atoms with van der Waals surface area (Å²) >= 11 is 0. The molecule has 0 aliphatic heterocycles. The molecule has 0 aliphatic carbocycles. The fourth-order valence-electron chi connectivity index (χ4n) is 2.34. The van der Waals surface area contributed by atoms with Gasteiger partial charge in [-0.25, -0.2) is 4.98 Å². The van der Waals surface area contributed by atoms with E-state index >= 15 is 0 Å². The van der Waals surface area contributed by atoms with Crippen LogP contribution in [0.15, 0.2) is 29.1 Å². The van der Waals surface area contributed by atoms with Crippen LogP contribution in [0.2, 0.25) is 0 Å². The standard InChI is InChI=1S/C17H23N3O3/c1-2-12(21)10-11-18-16(22)9-5-8-15-19-14-7-4-3-6-13(14)17(23)20-15/h3-4,6-7,12,21H,2,5,8-11H2,1H3,(H,18,22)(H,19,20,23). The highest BCUT2D eigenvalue weighted by Gasteiger charge is 2.06. The Kier molecular flexibility index (Phi) is 6.29. The van der Waals surface area contributed by atoms with Crippen LogP contribution in [0.25, 0.3) is 10.9 Å². The van der Waals surface area contributed by atoms with E-state index in [0.717, 1.165) is 0 Å². The summed E-state index contributed by atoms with van der Waals surface area (Å²) in [5, 5.41) is 12.8. The number of aliphatic hydroxyl groups excluding tert-OH is 1. The van der Waals surface area contributed by atoms with E-state index in [9.17, 15) is 14.7 Å². The number of aromatic amines is 1. The number of fused-ring (bicyclic) bond motifs is 1. The minimum Gasteiger partial charge on any atom is -0.393 e. The van der Waals surface area contributed by atoms with Gasteiger partial charge in [0.15, 0.2) is 0 Å². The Balaban J connectivity index is 1.80. The molecule has 0 saturated carbocycles. The highest BCUT2D eigenvalue weighted by molar-refractivity contribution is 5.77. The molecule has 2 aromatic rings. The van der Waals surface area contributed by atoms with E-state index in [4.69, 9.17) is 0 Å². The quantitative estimate of drug-likeness (QED) is 0.688. The number of hydrogen-bond donors (Lipinski definition) is 3. The molecule has 6 nitrogen and oxygen atoms in total. The van der Waals surface area contributed by atoms with E-state index in [-0.39, 0.29) is 17.6 Å². The van der Waals surface area contributed by atoms with Gasteiger partial charge in [0.1, 0.15) is 5.82 Å². The molecule has 1 atom stereocenters. The lowest BCUT2D eigenvalue weighted by Gasteiger charge is -2.08. The number of aliphatic hydroxyl groups is 1. The molecule has 0 radical (unpaired) electrons. The van der Waals surface area contributed by atoms with Gasteiger partial charge in [-0.3, -0.25) is 9.59 Å². The van der Waals surface area contributed by atoms with Gasteiger partial charge in [-0.2, -0.15) is 0 Å². The molecule has 0 aliphatic rings. The number of nitrogens with zero attached hydrogens (tertiary/aromatic N) is 1. The van der Waals surface area contributed by atoms with Crippen molar-refractivity contribution in [3.05, 3.63) is 40.4 Å². The van der Waals surface area contributed by atoms with Gasteiger partial charge in [0.05, 0.1) is 17.0 Å². The van der Waals surface area contributed by atoms with Crippen LogP contribution >= 0.6 is 0 Å². The van der Waals surface area contributed by atoms with Gasteiger partial charge in [-0.15, -0.1) is 0 Å². The molecule has 23 heavy (non-hydrogen) atoms. The summed E-state index contributed by atoms with van der Waals surface area (Å²) < 4.78 is 0. The number of rotatable bonds is 8. The first-order valence-electron chi connectivity index (χ1n) is 8.03. The summed E-state index contributed by atoms with van der Waals surface area (Å²) in [7, 11) is 0. The van der Waals surface area contributed by atoms with Gasteiger partial charge in [0, 0.05) is 19.4 Å². The topological polar surface area (TPSA) is 95.1 Å². The first-order valence-corrected chi connectivity index (χ1v) is 8.03. The third-order valence-electron chi connectivity index (χ3n) is 3.75. The molecule has 1 unspecified atom stereocenters. The second kappa shape index (κ2) is 8.43. The molecule has 1 heterocycles. The van der Waals surface area contributed by atoms with Crippen molar-refractivity contribution in [2.75, 3.05) is 6.54 Å². The first-order chi connectivity index (χ1) is 11.1. The van der Waals surface area contributed by atoms with Crippen LogP contribution in [0.1, 0.15) is 38.4 Å². The first kappa shape index (κ1) is 17.1. The summed E-state index contributed by atoms with van der Waals surface area (Å²) in [6.45, 7) is 2.39. The maximum absolute atomic E-state index is 11.9. The summed E-state index contributed by atoms with van der Waals surface area (Å²) in [6.07, 6.45) is 2.44. The number of carbonyl (C=O) groups is 1. The Morgan fingerprint density at radius 1 is 1.39 bits per heavy atom. The minimum atomic E-state index is -0.359. The fraction of sp³-hybridized carbons (Fsp3) is 0.471. The van der Waals surface area contributed by atoms with Crippen LogP contribution in [0, 0.1) is 0 Å². The molecule has 1 aromatic heterocycles. The maximum Gasteiger partial charge on any atom is 0.258 e. The fourth-order valence-corrected chi connectivity index (χ4v) is 2.34. The van der Waals surface area contributed by atoms with Crippen molar-refractivity contribution in [2.24, 2.45) is 0 Å². The monoisotopic (exact) mass is 317 g/mol. The van der Waals surface area contributed by atoms with Crippen molar-refractivity contribution in [3.8, 4) is 0 Å². The number of H-pyrrole nitrogens is 1. The second-order valence-corrected chi connectivity index (χ2v) is 5.58. The Hall–Kier alpha value is -2.21. The van der Waals surface area contributed by atoms with Crippen molar-refractivity contribution >= 4 is 16.8 Å². The zero-order valence-electron chi connectivity index (χ0n) is 13.3. The SMILES string of the molecule is CCC(O)CCNC(=O)CCCc1nc2ccccc2c(=O)[nH]1. The van der Waals surface area contributed by atoms with Crippen molar-refractivity contribution in [2.45, 2.75) is 45.1 Å². The van der Waals surface area contributed by atoms with E-state index in [2.05, 4.69) is 15.3 Å². The number of para-hydroxylation sites is 1. The zero-order chi connectivity index (χ0) is 16.7. The third kappa shape index (κ3) is 5.17. The van der Waals surface area contributed by atoms with E-state index in [0.29, 0.717) is 55.4 Å². The Morgan fingerprint density at radius 2 is 2.17 bits per heavy atom. The van der Waals surface area contributed by atoms with Gasteiger partial charge in [0.2, 0.25) is 5.91 Å².